The smallest absolute Gasteiger partial charge is 0.194 e. The van der Waals surface area contributed by atoms with Crippen molar-refractivity contribution >= 4 is 71.1 Å². The zero-order valence-electron chi connectivity index (χ0n) is 44.8. The van der Waals surface area contributed by atoms with Crippen molar-refractivity contribution in [1.82, 2.24) is 0 Å². The third kappa shape index (κ3) is 12.5. The molecule has 26 heteroatoms. The quantitative estimate of drug-likeness (QED) is 0.0648. The zero-order valence-corrected chi connectivity index (χ0v) is 44.8. The van der Waals surface area contributed by atoms with Gasteiger partial charge < -0.3 is 0 Å². The van der Waals surface area contributed by atoms with Crippen LogP contribution in [0.1, 0.15) is 50.1 Å². The molecule has 1 nitrogen and oxygen atoms in total. The number of hydrogen-bond donors (Lipinski definition) is 0. The van der Waals surface area contributed by atoms with Gasteiger partial charge in [-0.3, -0.25) is 0 Å². The predicted molar refractivity (Wildman–Crippen MR) is 289 cm³/mol. The van der Waals surface area contributed by atoms with Gasteiger partial charge in [-0.05, 0) is 74.1 Å². The van der Waals surface area contributed by atoms with Crippen molar-refractivity contribution in [2.75, 3.05) is 0 Å². The van der Waals surface area contributed by atoms with E-state index in [0.29, 0.717) is 0 Å². The molecule has 0 saturated carbocycles. The fraction of sp³-hybridized carbons (Fsp3) is 0.141. The summed E-state index contributed by atoms with van der Waals surface area (Å²) in [6, 6.07) is 33.2. The predicted octanol–water partition coefficient (Wildman–Crippen LogP) is 19.0. The SMILES string of the molecule is FC(F)(F)c1cc([B-](c2cc(C(F)(F)F)cc(C(F)(F)F)c2)(c2cc(C(F)(F)F)cc(C(F)(F)F)c2)c2cc(C(F)(F)F)cc(C(F)(F)F)c2)cc(C(F)(F)F)c1.c1ccc(C[n+]2ccc3ccccc3c2-c2ccc3ccc4cccc5ccc2c3c45)cc1. The molecule has 0 aliphatic heterocycles. The van der Waals surface area contributed by atoms with Crippen LogP contribution >= 0.6 is 0 Å². The van der Waals surface area contributed by atoms with Crippen LogP contribution in [-0.2, 0) is 56.0 Å². The molecule has 0 fully saturated rings. The maximum absolute atomic E-state index is 14.2. The van der Waals surface area contributed by atoms with E-state index < -0.39 is 195 Å². The number of benzene rings is 10. The Hall–Kier alpha value is -8.97. The third-order valence-electron chi connectivity index (χ3n) is 15.4. The van der Waals surface area contributed by atoms with Crippen molar-refractivity contribution in [1.29, 1.82) is 0 Å². The minimum Gasteiger partial charge on any atom is -0.194 e. The van der Waals surface area contributed by atoms with Crippen molar-refractivity contribution in [3.8, 4) is 11.3 Å². The van der Waals surface area contributed by atoms with Crippen molar-refractivity contribution in [3.63, 3.8) is 0 Å². The normalized spacial score (nSPS) is 13.4. The number of alkyl halides is 24. The molecule has 11 aromatic rings. The zero-order chi connectivity index (χ0) is 65.7. The van der Waals surface area contributed by atoms with Crippen LogP contribution in [0.4, 0.5) is 105 Å². The molecule has 10 aromatic carbocycles. The second kappa shape index (κ2) is 22.2. The van der Waals surface area contributed by atoms with E-state index in [9.17, 15) is 105 Å². The highest BCUT2D eigenvalue weighted by Gasteiger charge is 2.47. The maximum atomic E-state index is 14.2. The number of aromatic nitrogens is 1. The summed E-state index contributed by atoms with van der Waals surface area (Å²) in [6.07, 6.45) is -52.6. The van der Waals surface area contributed by atoms with Crippen LogP contribution in [0.25, 0.3) is 54.3 Å². The summed E-state index contributed by atoms with van der Waals surface area (Å²) in [5.41, 5.74) is -26.3. The van der Waals surface area contributed by atoms with Crippen LogP contribution in [0.15, 0.2) is 194 Å². The number of nitrogens with zero attached hydrogens (tertiary/aromatic N) is 1. The van der Waals surface area contributed by atoms with Crippen LogP contribution < -0.4 is 26.4 Å². The Morgan fingerprint density at radius 2 is 0.578 bits per heavy atom. The number of fused-ring (bicyclic) bond motifs is 1. The Kier molecular flexibility index (Phi) is 15.8. The molecule has 0 radical (unpaired) electrons. The van der Waals surface area contributed by atoms with E-state index >= 15 is 0 Å². The molecule has 0 N–H and O–H groups in total. The molecule has 0 aliphatic carbocycles. The lowest BCUT2D eigenvalue weighted by molar-refractivity contribution is -0.676. The van der Waals surface area contributed by atoms with Gasteiger partial charge in [-0.25, -0.2) is 0 Å². The Morgan fingerprint density at radius 3 is 0.944 bits per heavy atom. The van der Waals surface area contributed by atoms with Gasteiger partial charge in [0.2, 0.25) is 5.69 Å². The summed E-state index contributed by atoms with van der Waals surface area (Å²) in [4.78, 5) is 0. The molecule has 90 heavy (non-hydrogen) atoms. The molecule has 0 bridgehead atoms. The Bertz CT molecular complexity index is 4060. The van der Waals surface area contributed by atoms with E-state index in [2.05, 4.69) is 126 Å². The summed E-state index contributed by atoms with van der Waals surface area (Å²) < 4.78 is 343. The number of pyridine rings is 1. The monoisotopic (exact) mass is 1280 g/mol. The van der Waals surface area contributed by atoms with Crippen LogP contribution in [0.3, 0.4) is 0 Å². The highest BCUT2D eigenvalue weighted by Crippen LogP contribution is 2.44. The van der Waals surface area contributed by atoms with E-state index in [4.69, 9.17) is 0 Å². The molecule has 0 spiro atoms. The van der Waals surface area contributed by atoms with Gasteiger partial charge in [0.05, 0.1) is 55.5 Å². The summed E-state index contributed by atoms with van der Waals surface area (Å²) >= 11 is 0. The molecule has 0 saturated heterocycles. The minimum atomic E-state index is -6.13. The third-order valence-corrected chi connectivity index (χ3v) is 15.4. The van der Waals surface area contributed by atoms with Crippen LogP contribution in [-0.4, -0.2) is 6.15 Å². The lowest BCUT2D eigenvalue weighted by atomic mass is 9.12. The van der Waals surface area contributed by atoms with E-state index in [1.165, 1.54) is 59.9 Å². The molecule has 466 valence electrons. The fourth-order valence-electron chi connectivity index (χ4n) is 11.5. The van der Waals surface area contributed by atoms with Gasteiger partial charge in [-0.15, -0.1) is 0 Å². The molecule has 11 rings (SSSR count). The second-order valence-corrected chi connectivity index (χ2v) is 21.1. The maximum Gasteiger partial charge on any atom is 0.416 e. The van der Waals surface area contributed by atoms with Gasteiger partial charge in [0, 0.05) is 11.6 Å². The molecule has 1 heterocycles. The number of rotatable bonds is 7. The highest BCUT2D eigenvalue weighted by atomic mass is 19.4. The van der Waals surface area contributed by atoms with Crippen LogP contribution in [0.5, 0.6) is 0 Å². The molecular weight excluding hydrogens is 1250 g/mol. The largest absolute Gasteiger partial charge is 0.416 e. The van der Waals surface area contributed by atoms with E-state index in [1.54, 1.807) is 0 Å². The lowest BCUT2D eigenvalue weighted by Crippen LogP contribution is -2.75. The first-order chi connectivity index (χ1) is 41.6. The first-order valence-electron chi connectivity index (χ1n) is 26.1. The van der Waals surface area contributed by atoms with E-state index in [0.717, 1.165) is 6.54 Å². The number of hydrogen-bond acceptors (Lipinski definition) is 0. The molecule has 1 aromatic heterocycles. The Morgan fingerprint density at radius 1 is 0.267 bits per heavy atom. The van der Waals surface area contributed by atoms with Gasteiger partial charge in [-0.2, -0.15) is 132 Å². The highest BCUT2D eigenvalue weighted by molar-refractivity contribution is 7.20. The topological polar surface area (TPSA) is 3.88 Å². The van der Waals surface area contributed by atoms with Crippen molar-refractivity contribution < 1.29 is 110 Å². The fourth-order valence-corrected chi connectivity index (χ4v) is 11.5. The van der Waals surface area contributed by atoms with Crippen LogP contribution in [0.2, 0.25) is 0 Å². The first-order valence-corrected chi connectivity index (χ1v) is 26.1. The average molecular weight is 1280 g/mol. The summed E-state index contributed by atoms with van der Waals surface area (Å²) in [5, 5.41) is 10.5. The van der Waals surface area contributed by atoms with Crippen LogP contribution in [0, 0.1) is 0 Å². The van der Waals surface area contributed by atoms with E-state index in [1.807, 2.05) is 0 Å². The lowest BCUT2D eigenvalue weighted by Gasteiger charge is -2.46. The molecule has 0 aliphatic rings. The molecule has 0 amide bonds. The van der Waals surface area contributed by atoms with Gasteiger partial charge in [0.25, 0.3) is 0 Å². The standard InChI is InChI=1S/C32H12BF24.C32H22N/c34-25(35,36)13-1-14(26(37,38)39)6-21(5-13)33(22-7-15(27(40,41)42)2-16(8-22)28(43,44)45,23-9-17(29(46,47)48)3-18(10-23)30(49,50)51)24-11-19(31(52,53)54)4-20(12-24)32(55,56)57;1-2-7-22(8-3-1)21-33-20-19-23-9-4-5-12-27(23)32(33)29-18-16-26-14-13-24-10-6-11-25-15-17-28(29)31(26)30(24)25/h1-12H;1-20H,21H2/q-1;+1. The van der Waals surface area contributed by atoms with Crippen molar-refractivity contribution in [2.45, 2.75) is 56.0 Å². The van der Waals surface area contributed by atoms with Gasteiger partial charge in [-0.1, -0.05) is 146 Å². The summed E-state index contributed by atoms with van der Waals surface area (Å²) in [6.45, 7) is 0.836. The Balaban J connectivity index is 0.000000225. The average Bonchev–Trinajstić information content (AvgIpc) is 0.718. The number of halogens is 24. The van der Waals surface area contributed by atoms with Gasteiger partial charge in [0.1, 0.15) is 6.15 Å². The van der Waals surface area contributed by atoms with Crippen molar-refractivity contribution in [3.05, 3.63) is 244 Å². The summed E-state index contributed by atoms with van der Waals surface area (Å²) in [5.74, 6) is 0. The molecule has 0 atom stereocenters. The van der Waals surface area contributed by atoms with Gasteiger partial charge >= 0.3 is 49.4 Å². The van der Waals surface area contributed by atoms with Crippen molar-refractivity contribution in [2.24, 2.45) is 0 Å². The van der Waals surface area contributed by atoms with E-state index in [-0.39, 0.29) is 0 Å². The first kappa shape index (κ1) is 64.0. The second-order valence-electron chi connectivity index (χ2n) is 21.1. The summed E-state index contributed by atoms with van der Waals surface area (Å²) in [7, 11) is 0. The Labute approximate surface area is 491 Å². The molecule has 0 unspecified atom stereocenters. The molecular formula is C64H34BF24N. The minimum absolute atomic E-state index is 0.691. The van der Waals surface area contributed by atoms with Gasteiger partial charge in [0.15, 0.2) is 12.7 Å².